The Bertz CT molecular complexity index is 341. The molecule has 2 atom stereocenters. The summed E-state index contributed by atoms with van der Waals surface area (Å²) >= 11 is 0. The van der Waals surface area contributed by atoms with Crippen LogP contribution in [0.25, 0.3) is 0 Å². The Labute approximate surface area is 127 Å². The van der Waals surface area contributed by atoms with Crippen LogP contribution in [0.4, 0.5) is 0 Å². The van der Waals surface area contributed by atoms with Gasteiger partial charge in [0.1, 0.15) is 0 Å². The van der Waals surface area contributed by atoms with Gasteiger partial charge in [-0.05, 0) is 26.2 Å². The number of methoxy groups -OCH3 is 1. The summed E-state index contributed by atoms with van der Waals surface area (Å²) in [4.78, 5) is 6.79. The van der Waals surface area contributed by atoms with Crippen LogP contribution >= 0.6 is 24.0 Å². The normalized spacial score (nSPS) is 34.5. The highest BCUT2D eigenvalue weighted by molar-refractivity contribution is 14.0. The number of halogens is 1. The summed E-state index contributed by atoms with van der Waals surface area (Å²) in [6.07, 6.45) is 3.45. The molecule has 0 bridgehead atoms. The maximum Gasteiger partial charge on any atom is 0.191 e. The van der Waals surface area contributed by atoms with Crippen molar-refractivity contribution >= 4 is 29.9 Å². The lowest BCUT2D eigenvalue weighted by molar-refractivity contribution is -0.171. The van der Waals surface area contributed by atoms with Crippen molar-refractivity contribution in [3.05, 3.63) is 0 Å². The van der Waals surface area contributed by atoms with E-state index in [-0.39, 0.29) is 41.0 Å². The standard InChI is InChI=1S/C13H25N3O.HI/c1-12(2)10(8-13(12,3)17-5)15-11(14)16(4)9-6-7-9;/h9-10H,6-8H2,1-5H3,(H2,14,15);1H. The topological polar surface area (TPSA) is 50.9 Å². The largest absolute Gasteiger partial charge is 0.378 e. The van der Waals surface area contributed by atoms with Crippen molar-refractivity contribution in [1.29, 1.82) is 0 Å². The quantitative estimate of drug-likeness (QED) is 0.473. The second-order valence-electron chi connectivity index (χ2n) is 6.21. The van der Waals surface area contributed by atoms with Gasteiger partial charge in [-0.3, -0.25) is 0 Å². The summed E-state index contributed by atoms with van der Waals surface area (Å²) < 4.78 is 5.60. The molecule has 2 aliphatic rings. The van der Waals surface area contributed by atoms with Crippen molar-refractivity contribution in [2.24, 2.45) is 16.1 Å². The zero-order valence-electron chi connectivity index (χ0n) is 12.1. The minimum absolute atomic E-state index is 0. The van der Waals surface area contributed by atoms with Gasteiger partial charge in [-0.25, -0.2) is 4.99 Å². The van der Waals surface area contributed by atoms with Crippen LogP contribution in [0.1, 0.15) is 40.0 Å². The molecular formula is C13H26IN3O. The fourth-order valence-corrected chi connectivity index (χ4v) is 2.56. The molecule has 2 fully saturated rings. The third kappa shape index (κ3) is 2.48. The van der Waals surface area contributed by atoms with Crippen molar-refractivity contribution in [1.82, 2.24) is 4.90 Å². The van der Waals surface area contributed by atoms with Crippen molar-refractivity contribution in [3.8, 4) is 0 Å². The fourth-order valence-electron chi connectivity index (χ4n) is 2.56. The summed E-state index contributed by atoms with van der Waals surface area (Å²) in [5, 5.41) is 0. The van der Waals surface area contributed by atoms with Crippen LogP contribution in [0.15, 0.2) is 4.99 Å². The predicted octanol–water partition coefficient (Wildman–Crippen LogP) is 2.22. The van der Waals surface area contributed by atoms with Gasteiger partial charge in [0.25, 0.3) is 0 Å². The summed E-state index contributed by atoms with van der Waals surface area (Å²) in [7, 11) is 3.82. The van der Waals surface area contributed by atoms with Crippen LogP contribution in [0, 0.1) is 5.41 Å². The molecule has 2 aliphatic carbocycles. The van der Waals surface area contributed by atoms with Crippen LogP contribution in [0.5, 0.6) is 0 Å². The Morgan fingerprint density at radius 2 is 1.89 bits per heavy atom. The molecule has 0 spiro atoms. The number of rotatable bonds is 3. The van der Waals surface area contributed by atoms with Crippen molar-refractivity contribution in [2.75, 3.05) is 14.2 Å². The molecule has 2 unspecified atom stereocenters. The maximum atomic E-state index is 6.05. The number of guanidine groups is 1. The van der Waals surface area contributed by atoms with E-state index >= 15 is 0 Å². The molecule has 0 aliphatic heterocycles. The summed E-state index contributed by atoms with van der Waals surface area (Å²) in [6.45, 7) is 6.57. The number of hydrogen-bond donors (Lipinski definition) is 1. The Kier molecular flexibility index (Phi) is 4.58. The van der Waals surface area contributed by atoms with Gasteiger partial charge in [0.2, 0.25) is 0 Å². The molecule has 2 saturated carbocycles. The minimum Gasteiger partial charge on any atom is -0.378 e. The molecule has 0 aromatic carbocycles. The van der Waals surface area contributed by atoms with Crippen molar-refractivity contribution < 1.29 is 4.74 Å². The first-order chi connectivity index (χ1) is 7.82. The monoisotopic (exact) mass is 367 g/mol. The first-order valence-corrected chi connectivity index (χ1v) is 6.43. The van der Waals surface area contributed by atoms with Crippen LogP contribution in [-0.4, -0.2) is 42.7 Å². The number of hydrogen-bond acceptors (Lipinski definition) is 2. The molecule has 18 heavy (non-hydrogen) atoms. The van der Waals surface area contributed by atoms with Crippen molar-refractivity contribution in [3.63, 3.8) is 0 Å². The first-order valence-electron chi connectivity index (χ1n) is 6.43. The highest BCUT2D eigenvalue weighted by Gasteiger charge is 2.58. The van der Waals surface area contributed by atoms with Gasteiger partial charge in [0.05, 0.1) is 11.6 Å². The lowest BCUT2D eigenvalue weighted by Gasteiger charge is -2.57. The SMILES string of the molecule is COC1(C)CC(N=C(N)N(C)C2CC2)C1(C)C.I. The van der Waals surface area contributed by atoms with E-state index in [1.54, 1.807) is 7.11 Å². The molecule has 106 valence electrons. The Morgan fingerprint density at radius 3 is 2.28 bits per heavy atom. The average Bonchev–Trinajstić information content (AvgIpc) is 3.10. The molecule has 4 nitrogen and oxygen atoms in total. The predicted molar refractivity (Wildman–Crippen MR) is 85.4 cm³/mol. The van der Waals surface area contributed by atoms with Gasteiger partial charge in [-0.1, -0.05) is 13.8 Å². The van der Waals surface area contributed by atoms with Crippen LogP contribution in [-0.2, 0) is 4.74 Å². The van der Waals surface area contributed by atoms with Gasteiger partial charge >= 0.3 is 0 Å². The second kappa shape index (κ2) is 5.15. The Morgan fingerprint density at radius 1 is 1.33 bits per heavy atom. The first kappa shape index (κ1) is 16.0. The van der Waals surface area contributed by atoms with E-state index in [9.17, 15) is 0 Å². The Hall–Kier alpha value is -0.0400. The number of nitrogens with zero attached hydrogens (tertiary/aromatic N) is 2. The lowest BCUT2D eigenvalue weighted by atomic mass is 9.56. The molecule has 2 N–H and O–H groups in total. The van der Waals surface area contributed by atoms with Crippen molar-refractivity contribution in [2.45, 2.75) is 57.7 Å². The molecule has 0 amide bonds. The third-order valence-corrected chi connectivity index (χ3v) is 4.97. The summed E-state index contributed by atoms with van der Waals surface area (Å²) in [6, 6.07) is 0.893. The minimum atomic E-state index is -0.0698. The van der Waals surface area contributed by atoms with Gasteiger partial charge in [-0.2, -0.15) is 0 Å². The average molecular weight is 367 g/mol. The van der Waals surface area contributed by atoms with E-state index in [4.69, 9.17) is 10.5 Å². The molecule has 0 radical (unpaired) electrons. The molecule has 0 heterocycles. The maximum absolute atomic E-state index is 6.05. The number of nitrogens with two attached hydrogens (primary N) is 1. The molecule has 2 rings (SSSR count). The van der Waals surface area contributed by atoms with Crippen LogP contribution < -0.4 is 5.73 Å². The highest BCUT2D eigenvalue weighted by atomic mass is 127. The fraction of sp³-hybridized carbons (Fsp3) is 0.923. The molecular weight excluding hydrogens is 341 g/mol. The Balaban J connectivity index is 0.00000162. The van der Waals surface area contributed by atoms with Gasteiger partial charge in [0.15, 0.2) is 5.96 Å². The van der Waals surface area contributed by atoms with Gasteiger partial charge in [-0.15, -0.1) is 24.0 Å². The van der Waals surface area contributed by atoms with Gasteiger partial charge < -0.3 is 15.4 Å². The van der Waals surface area contributed by atoms with Gasteiger partial charge in [0, 0.05) is 25.6 Å². The van der Waals surface area contributed by atoms with E-state index in [2.05, 4.69) is 30.7 Å². The third-order valence-electron chi connectivity index (χ3n) is 4.97. The summed E-state index contributed by atoms with van der Waals surface area (Å²) in [5.74, 6) is 0.684. The molecule has 0 saturated heterocycles. The molecule has 5 heteroatoms. The van der Waals surface area contributed by atoms with E-state index in [0.717, 1.165) is 6.42 Å². The second-order valence-corrected chi connectivity index (χ2v) is 6.21. The van der Waals surface area contributed by atoms with E-state index < -0.39 is 0 Å². The zero-order valence-corrected chi connectivity index (χ0v) is 14.4. The smallest absolute Gasteiger partial charge is 0.191 e. The van der Waals surface area contributed by atoms with E-state index in [1.807, 2.05) is 7.05 Å². The van der Waals surface area contributed by atoms with E-state index in [0.29, 0.717) is 12.0 Å². The molecule has 0 aromatic rings. The zero-order chi connectivity index (χ0) is 12.8. The van der Waals surface area contributed by atoms with Crippen LogP contribution in [0.2, 0.25) is 0 Å². The molecule has 0 aromatic heterocycles. The summed E-state index contributed by atoms with van der Waals surface area (Å²) in [5.41, 5.74) is 6.04. The number of aliphatic imine (C=N–C) groups is 1. The van der Waals surface area contributed by atoms with Crippen LogP contribution in [0.3, 0.4) is 0 Å². The highest BCUT2D eigenvalue weighted by Crippen LogP contribution is 2.53. The lowest BCUT2D eigenvalue weighted by Crippen LogP contribution is -2.63. The number of ether oxygens (including phenoxy) is 1. The van der Waals surface area contributed by atoms with E-state index in [1.165, 1.54) is 12.8 Å².